The molecule has 0 saturated carbocycles. The Morgan fingerprint density at radius 3 is 1.72 bits per heavy atom. The number of carbonyl (C=O) groups excluding carboxylic acids is 2. The fraction of sp³-hybridized carbons (Fsp3) is 0.381. The zero-order chi connectivity index (χ0) is 43.3. The van der Waals surface area contributed by atoms with E-state index in [9.17, 15) is 81.1 Å². The lowest BCUT2D eigenvalue weighted by Gasteiger charge is -2.52. The maximum atomic E-state index is 14.9. The summed E-state index contributed by atoms with van der Waals surface area (Å²) in [5.41, 5.74) is -5.58. The maximum absolute atomic E-state index is 14.9. The Morgan fingerprint density at radius 2 is 1.08 bits per heavy atom. The van der Waals surface area contributed by atoms with Crippen LogP contribution in [0.1, 0.15) is 76.7 Å². The van der Waals surface area contributed by atoms with Gasteiger partial charge >= 0.3 is 0 Å². The lowest BCUT2D eigenvalue weighted by molar-refractivity contribution is -0.239. The number of aliphatic hydroxyl groups excluding tert-OH is 10. The first-order valence-corrected chi connectivity index (χ1v) is 18.9. The largest absolute Gasteiger partial charge is 0.507 e. The van der Waals surface area contributed by atoms with Crippen molar-refractivity contribution in [2.45, 2.75) is 85.6 Å². The van der Waals surface area contributed by atoms with E-state index in [2.05, 4.69) is 0 Å². The van der Waals surface area contributed by atoms with Gasteiger partial charge in [-0.2, -0.15) is 0 Å². The quantitative estimate of drug-likeness (QED) is 0.0934. The Kier molecular flexibility index (Phi) is 10.5. The van der Waals surface area contributed by atoms with Crippen molar-refractivity contribution in [3.63, 3.8) is 0 Å². The minimum Gasteiger partial charge on any atom is -0.507 e. The van der Waals surface area contributed by atoms with Crippen LogP contribution in [0.4, 0.5) is 0 Å². The Labute approximate surface area is 339 Å². The van der Waals surface area contributed by atoms with Gasteiger partial charge in [-0.25, -0.2) is 0 Å². The first kappa shape index (κ1) is 41.7. The van der Waals surface area contributed by atoms with Crippen LogP contribution in [0.5, 0.6) is 23.0 Å². The van der Waals surface area contributed by atoms with E-state index in [1.165, 1.54) is 36.4 Å². The monoisotopic (exact) mass is 834 g/mol. The zero-order valence-electron chi connectivity index (χ0n) is 31.3. The topological polar surface area (TPSA) is 336 Å². The lowest BCUT2D eigenvalue weighted by atomic mass is 9.56. The Hall–Kier alpha value is -5.06. The van der Waals surface area contributed by atoms with Crippen LogP contribution in [-0.2, 0) is 28.1 Å². The number of phenols is 4. The molecule has 2 saturated heterocycles. The van der Waals surface area contributed by atoms with Crippen molar-refractivity contribution >= 4 is 11.6 Å². The van der Waals surface area contributed by atoms with Gasteiger partial charge in [0.2, 0.25) is 11.6 Å². The number of aromatic hydroxyl groups is 4. The average Bonchev–Trinajstić information content (AvgIpc) is 3.23. The first-order chi connectivity index (χ1) is 28.6. The molecule has 2 fully saturated rings. The molecule has 0 radical (unpaired) electrons. The molecule has 2 aliphatic carbocycles. The molecular formula is C42H42O18. The summed E-state index contributed by atoms with van der Waals surface area (Å²) in [4.78, 5) is 29.2. The van der Waals surface area contributed by atoms with Crippen LogP contribution in [0.15, 0.2) is 54.6 Å². The summed E-state index contributed by atoms with van der Waals surface area (Å²) in [7, 11) is 0. The van der Waals surface area contributed by atoms with Gasteiger partial charge in [-0.15, -0.1) is 0 Å². The molecule has 4 aromatic rings. The van der Waals surface area contributed by atoms with Crippen molar-refractivity contribution in [1.29, 1.82) is 0 Å². The van der Waals surface area contributed by atoms with Gasteiger partial charge in [0, 0.05) is 11.5 Å². The standard InChI is InChI=1S/C42H42O18/c43-10-14-6-17-26(40-38(57)36(55)32(51)24(12-45)59-40)16-4-5-19(31(50)28(16)34(53)27(17)22(48)8-14)42(41-39(58)37(56)33(52)25(13-46)60-41)18-2-1-3-21(47)29(18)35(54)30-20(42)7-15(11-44)9-23(30)49/h1-9,24-26,32-33,36-41,43-52,55-58H,10-13H2/t24-,25-,26+,32-,33-,36+,37+,38-,39-,40+,41-,42-/m1/s1. The van der Waals surface area contributed by atoms with Crippen LogP contribution in [-0.4, -0.2) is 157 Å². The van der Waals surface area contributed by atoms with Crippen LogP contribution >= 0.6 is 0 Å². The molecule has 318 valence electrons. The summed E-state index contributed by atoms with van der Waals surface area (Å²) in [6, 6.07) is 10.9. The predicted molar refractivity (Wildman–Crippen MR) is 200 cm³/mol. The molecule has 0 aromatic heterocycles. The Balaban J connectivity index is 1.50. The van der Waals surface area contributed by atoms with Crippen molar-refractivity contribution in [2.75, 3.05) is 13.2 Å². The van der Waals surface area contributed by atoms with E-state index in [0.29, 0.717) is 0 Å². The van der Waals surface area contributed by atoms with Crippen molar-refractivity contribution in [1.82, 2.24) is 0 Å². The highest BCUT2D eigenvalue weighted by molar-refractivity contribution is 6.18. The molecule has 4 aromatic carbocycles. The van der Waals surface area contributed by atoms with Crippen LogP contribution < -0.4 is 0 Å². The van der Waals surface area contributed by atoms with Crippen molar-refractivity contribution in [2.24, 2.45) is 0 Å². The van der Waals surface area contributed by atoms with E-state index >= 15 is 0 Å². The molecular weight excluding hydrogens is 792 g/mol. The fourth-order valence-corrected chi connectivity index (χ4v) is 9.68. The third kappa shape index (κ3) is 5.73. The number of phenolic OH excluding ortho intramolecular Hbond substituents is 4. The molecule has 0 amide bonds. The number of fused-ring (bicyclic) bond motifs is 4. The second-order valence-corrected chi connectivity index (χ2v) is 15.5. The summed E-state index contributed by atoms with van der Waals surface area (Å²) >= 11 is 0. The summed E-state index contributed by atoms with van der Waals surface area (Å²) in [6.45, 7) is -3.16. The van der Waals surface area contributed by atoms with Crippen molar-refractivity contribution in [3.8, 4) is 23.0 Å². The lowest BCUT2D eigenvalue weighted by Crippen LogP contribution is -2.65. The minimum atomic E-state index is -2.44. The number of rotatable bonds is 7. The number of hydrogen-bond donors (Lipinski definition) is 14. The maximum Gasteiger partial charge on any atom is 0.201 e. The molecule has 14 N–H and O–H groups in total. The molecule has 18 heteroatoms. The van der Waals surface area contributed by atoms with Gasteiger partial charge in [0.05, 0.1) is 60.2 Å². The minimum absolute atomic E-state index is 0.0219. The molecule has 12 atom stereocenters. The third-order valence-corrected chi connectivity index (χ3v) is 12.4. The number of hydrogen-bond acceptors (Lipinski definition) is 18. The second kappa shape index (κ2) is 15.1. The summed E-state index contributed by atoms with van der Waals surface area (Å²) < 4.78 is 12.2. The number of aliphatic hydroxyl groups is 10. The molecule has 2 heterocycles. The molecule has 4 aliphatic rings. The fourth-order valence-electron chi connectivity index (χ4n) is 9.68. The zero-order valence-corrected chi connectivity index (χ0v) is 31.3. The van der Waals surface area contributed by atoms with Gasteiger partial charge in [0.15, 0.2) is 0 Å². The summed E-state index contributed by atoms with van der Waals surface area (Å²) in [5.74, 6) is -6.49. The van der Waals surface area contributed by atoms with Gasteiger partial charge < -0.3 is 81.0 Å². The van der Waals surface area contributed by atoms with Gasteiger partial charge in [-0.05, 0) is 51.6 Å². The highest BCUT2D eigenvalue weighted by atomic mass is 16.6. The van der Waals surface area contributed by atoms with Gasteiger partial charge in [-0.3, -0.25) is 9.59 Å². The van der Waals surface area contributed by atoms with Gasteiger partial charge in [0.25, 0.3) is 0 Å². The average molecular weight is 835 g/mol. The predicted octanol–water partition coefficient (Wildman–Crippen LogP) is -2.27. The number of ketones is 2. The van der Waals surface area contributed by atoms with E-state index in [4.69, 9.17) is 9.47 Å². The molecule has 0 unspecified atom stereocenters. The summed E-state index contributed by atoms with van der Waals surface area (Å²) in [5, 5.41) is 155. The molecule has 18 nitrogen and oxygen atoms in total. The number of benzene rings is 4. The highest BCUT2D eigenvalue weighted by Gasteiger charge is 2.61. The first-order valence-electron chi connectivity index (χ1n) is 18.9. The smallest absolute Gasteiger partial charge is 0.201 e. The molecule has 2 aliphatic heterocycles. The van der Waals surface area contributed by atoms with Crippen molar-refractivity contribution < 1.29 is 90.6 Å². The Bertz CT molecular complexity index is 2390. The highest BCUT2D eigenvalue weighted by Crippen LogP contribution is 2.59. The van der Waals surface area contributed by atoms with Crippen LogP contribution in [0.2, 0.25) is 0 Å². The number of ether oxygens (including phenoxy) is 2. The van der Waals surface area contributed by atoms with Crippen LogP contribution in [0, 0.1) is 0 Å². The number of carbonyl (C=O) groups is 2. The van der Waals surface area contributed by atoms with E-state index in [1.54, 1.807) is 0 Å². The van der Waals surface area contributed by atoms with Gasteiger partial charge in [0.1, 0.15) is 77.9 Å². The second-order valence-electron chi connectivity index (χ2n) is 15.5. The van der Waals surface area contributed by atoms with Crippen LogP contribution in [0.25, 0.3) is 0 Å². The SMILES string of the molecule is O=C1c2c(O)cccc2[C@](c2ccc3c(c2O)C(=O)c2c(O)cc(CO)cc2[C@H]3[C@@H]2O[C@H](CO)[C@@H](O)[C@H](O)[C@H]2O)([C@@H]2O[C@H](CO)[C@@H](O)[C@H](O)[C@H]2O)c2cc(CO)cc(O)c21. The summed E-state index contributed by atoms with van der Waals surface area (Å²) in [6.07, 6.45) is -18.5. The Morgan fingerprint density at radius 1 is 0.517 bits per heavy atom. The van der Waals surface area contributed by atoms with E-state index in [1.807, 2.05) is 0 Å². The normalized spacial score (nSPS) is 32.2. The van der Waals surface area contributed by atoms with Crippen molar-refractivity contribution in [3.05, 3.63) is 116 Å². The van der Waals surface area contributed by atoms with E-state index < -0.39 is 161 Å². The van der Waals surface area contributed by atoms with Crippen LogP contribution in [0.3, 0.4) is 0 Å². The molecule has 60 heavy (non-hydrogen) atoms. The molecule has 0 spiro atoms. The van der Waals surface area contributed by atoms with E-state index in [-0.39, 0.29) is 33.4 Å². The molecule has 8 rings (SSSR count). The third-order valence-electron chi connectivity index (χ3n) is 12.4. The van der Waals surface area contributed by atoms with Gasteiger partial charge in [-0.1, -0.05) is 36.4 Å². The van der Waals surface area contributed by atoms with E-state index in [0.717, 1.165) is 18.2 Å². The molecule has 0 bridgehead atoms.